The molecule has 0 amide bonds. The molecule has 0 aromatic heterocycles. The molecule has 1 rings (SSSR count). The van der Waals surface area contributed by atoms with Gasteiger partial charge in [0.05, 0.1) is 13.0 Å². The summed E-state index contributed by atoms with van der Waals surface area (Å²) in [7, 11) is 1.12. The Morgan fingerprint density at radius 2 is 1.73 bits per heavy atom. The van der Waals surface area contributed by atoms with Crippen LogP contribution >= 0.6 is 0 Å². The summed E-state index contributed by atoms with van der Waals surface area (Å²) in [5.74, 6) is -11.1. The van der Waals surface area contributed by atoms with E-state index in [4.69, 9.17) is 10.2 Å². The first-order chi connectivity index (χ1) is 10.2. The molecule has 0 heterocycles. The van der Waals surface area contributed by atoms with Gasteiger partial charge in [0.1, 0.15) is 17.4 Å². The number of halogens is 2. The smallest absolute Gasteiger partial charge is 0.318 e. The van der Waals surface area contributed by atoms with Crippen molar-refractivity contribution in [3.8, 4) is 5.75 Å². The number of carbonyl (C=O) groups is 2. The zero-order valence-corrected chi connectivity index (χ0v) is 11.2. The number of aliphatic carboxylic acids is 2. The number of hydrogen-bond acceptors (Lipinski definition) is 5. The molecule has 0 radical (unpaired) electrons. The van der Waals surface area contributed by atoms with Crippen LogP contribution in [0.1, 0.15) is 11.5 Å². The van der Waals surface area contributed by atoms with E-state index in [2.05, 4.69) is 4.74 Å². The molecule has 0 saturated heterocycles. The number of ether oxygens (including phenoxy) is 1. The van der Waals surface area contributed by atoms with Crippen molar-refractivity contribution in [2.45, 2.75) is 5.92 Å². The molecule has 0 bridgehead atoms. The Kier molecular flexibility index (Phi) is 5.33. The van der Waals surface area contributed by atoms with Gasteiger partial charge >= 0.3 is 11.9 Å². The molecular weight excluding hydrogens is 308 g/mol. The molecule has 0 unspecified atom stereocenters. The van der Waals surface area contributed by atoms with Crippen LogP contribution in [0, 0.1) is 27.7 Å². The highest BCUT2D eigenvalue weighted by molar-refractivity contribution is 5.94. The predicted molar refractivity (Wildman–Crippen MR) is 66.3 cm³/mol. The Balaban J connectivity index is 3.49. The second-order valence-electron chi connectivity index (χ2n) is 4.28. The van der Waals surface area contributed by atoms with E-state index in [9.17, 15) is 28.5 Å². The maximum atomic E-state index is 14.0. The molecule has 1 aromatic carbocycles. The molecule has 1 atom stereocenters. The van der Waals surface area contributed by atoms with E-state index in [0.29, 0.717) is 12.1 Å². The van der Waals surface area contributed by atoms with Crippen LogP contribution in [0.3, 0.4) is 0 Å². The largest absolute Gasteiger partial charge is 0.497 e. The van der Waals surface area contributed by atoms with Crippen LogP contribution < -0.4 is 4.74 Å². The molecule has 10 heteroatoms. The highest BCUT2D eigenvalue weighted by Crippen LogP contribution is 2.32. The van der Waals surface area contributed by atoms with Crippen molar-refractivity contribution in [3.05, 3.63) is 39.4 Å². The lowest BCUT2D eigenvalue weighted by Crippen LogP contribution is -2.34. The van der Waals surface area contributed by atoms with Crippen molar-refractivity contribution in [1.29, 1.82) is 0 Å². The molecule has 0 spiro atoms. The van der Waals surface area contributed by atoms with E-state index >= 15 is 0 Å². The number of rotatable bonds is 7. The number of carboxylic acid groups (broad SMARTS) is 2. The maximum Gasteiger partial charge on any atom is 0.318 e. The first-order valence-corrected chi connectivity index (χ1v) is 5.79. The van der Waals surface area contributed by atoms with Gasteiger partial charge in [0.25, 0.3) is 0 Å². The summed E-state index contributed by atoms with van der Waals surface area (Å²) in [6.07, 6.45) is 0. The molecule has 1 aromatic rings. The minimum atomic E-state index is -2.37. The Hall–Kier alpha value is -2.78. The van der Waals surface area contributed by atoms with Gasteiger partial charge in [-0.2, -0.15) is 0 Å². The number of carboxylic acids is 2. The van der Waals surface area contributed by atoms with Gasteiger partial charge in [-0.3, -0.25) is 19.7 Å². The third kappa shape index (κ3) is 3.65. The third-order valence-electron chi connectivity index (χ3n) is 2.94. The van der Waals surface area contributed by atoms with E-state index in [1.165, 1.54) is 0 Å². The lowest BCUT2D eigenvalue weighted by atomic mass is 9.85. The average Bonchev–Trinajstić information content (AvgIpc) is 2.35. The molecule has 0 aliphatic rings. The predicted octanol–water partition coefficient (Wildman–Crippen LogP) is 1.12. The van der Waals surface area contributed by atoms with E-state index < -0.39 is 52.4 Å². The highest BCUT2D eigenvalue weighted by atomic mass is 19.1. The molecule has 120 valence electrons. The maximum absolute atomic E-state index is 14.0. The summed E-state index contributed by atoms with van der Waals surface area (Å²) in [4.78, 5) is 31.6. The van der Waals surface area contributed by atoms with Gasteiger partial charge in [0, 0.05) is 22.6 Å². The number of hydrogen-bond donors (Lipinski definition) is 2. The molecule has 22 heavy (non-hydrogen) atoms. The fraction of sp³-hybridized carbons (Fsp3) is 0.333. The summed E-state index contributed by atoms with van der Waals surface area (Å²) in [6, 6.07) is 1.37. The quantitative estimate of drug-likeness (QED) is 0.438. The van der Waals surface area contributed by atoms with Crippen LogP contribution in [0.4, 0.5) is 8.78 Å². The summed E-state index contributed by atoms with van der Waals surface area (Å²) in [5, 5.41) is 28.4. The number of nitrogens with zero attached hydrogens (tertiary/aromatic N) is 1. The molecule has 0 saturated carbocycles. The van der Waals surface area contributed by atoms with Gasteiger partial charge in [0.15, 0.2) is 5.92 Å². The van der Waals surface area contributed by atoms with Crippen LogP contribution in [0.2, 0.25) is 0 Å². The SMILES string of the molecule is COc1cc(F)c([C@@H](C[N+](=O)[O-])C(C(=O)O)C(=O)O)c(F)c1. The van der Waals surface area contributed by atoms with E-state index in [1.807, 2.05) is 0 Å². The fourth-order valence-electron chi connectivity index (χ4n) is 2.01. The number of methoxy groups -OCH3 is 1. The van der Waals surface area contributed by atoms with Crippen LogP contribution in [-0.2, 0) is 9.59 Å². The van der Waals surface area contributed by atoms with Gasteiger partial charge < -0.3 is 14.9 Å². The molecule has 2 N–H and O–H groups in total. The average molecular weight is 319 g/mol. The van der Waals surface area contributed by atoms with Crippen LogP contribution in [0.15, 0.2) is 12.1 Å². The summed E-state index contributed by atoms with van der Waals surface area (Å²) < 4.78 is 32.5. The summed E-state index contributed by atoms with van der Waals surface area (Å²) >= 11 is 0. The van der Waals surface area contributed by atoms with E-state index in [0.717, 1.165) is 7.11 Å². The molecule has 8 nitrogen and oxygen atoms in total. The van der Waals surface area contributed by atoms with E-state index in [-0.39, 0.29) is 5.75 Å². The first kappa shape index (κ1) is 17.3. The monoisotopic (exact) mass is 319 g/mol. The van der Waals surface area contributed by atoms with Crippen molar-refractivity contribution < 1.29 is 38.2 Å². The van der Waals surface area contributed by atoms with Crippen molar-refractivity contribution in [2.75, 3.05) is 13.7 Å². The second kappa shape index (κ2) is 6.78. The van der Waals surface area contributed by atoms with Gasteiger partial charge in [-0.25, -0.2) is 8.78 Å². The standard InChI is InChI=1S/C12H11F2NO7/c1-22-5-2-7(13)9(8(14)3-5)6(4-15(20)21)10(11(16)17)12(18)19/h2-3,6,10H,4H2,1H3,(H,16,17)(H,18,19)/t6-/m1/s1. The molecular formula is C12H11F2NO7. The Morgan fingerprint density at radius 1 is 1.27 bits per heavy atom. The van der Waals surface area contributed by atoms with Crippen LogP contribution in [0.5, 0.6) is 5.75 Å². The highest BCUT2D eigenvalue weighted by Gasteiger charge is 2.42. The van der Waals surface area contributed by atoms with Crippen LogP contribution in [0.25, 0.3) is 0 Å². The summed E-state index contributed by atoms with van der Waals surface area (Å²) in [5.41, 5.74) is -0.979. The lowest BCUT2D eigenvalue weighted by molar-refractivity contribution is -0.484. The van der Waals surface area contributed by atoms with E-state index in [1.54, 1.807) is 0 Å². The summed E-state index contributed by atoms with van der Waals surface area (Å²) in [6.45, 7) is -1.26. The van der Waals surface area contributed by atoms with Gasteiger partial charge in [0.2, 0.25) is 6.54 Å². The van der Waals surface area contributed by atoms with Crippen molar-refractivity contribution in [1.82, 2.24) is 0 Å². The zero-order valence-electron chi connectivity index (χ0n) is 11.2. The second-order valence-corrected chi connectivity index (χ2v) is 4.28. The molecule has 0 aliphatic carbocycles. The molecule has 0 fully saturated rings. The Bertz CT molecular complexity index is 582. The Labute approximate surface area is 122 Å². The first-order valence-electron chi connectivity index (χ1n) is 5.79. The molecule has 0 aliphatic heterocycles. The lowest BCUT2D eigenvalue weighted by Gasteiger charge is -2.19. The normalized spacial score (nSPS) is 12.0. The van der Waals surface area contributed by atoms with Gasteiger partial charge in [-0.05, 0) is 0 Å². The van der Waals surface area contributed by atoms with Crippen molar-refractivity contribution in [2.24, 2.45) is 5.92 Å². The van der Waals surface area contributed by atoms with Crippen molar-refractivity contribution in [3.63, 3.8) is 0 Å². The third-order valence-corrected chi connectivity index (χ3v) is 2.94. The number of nitro groups is 1. The zero-order chi connectivity index (χ0) is 17.0. The fourth-order valence-corrected chi connectivity index (χ4v) is 2.01. The Morgan fingerprint density at radius 3 is 2.05 bits per heavy atom. The number of benzene rings is 1. The van der Waals surface area contributed by atoms with Crippen LogP contribution in [-0.4, -0.2) is 40.7 Å². The minimum absolute atomic E-state index is 0.235. The van der Waals surface area contributed by atoms with Gasteiger partial charge in [-0.15, -0.1) is 0 Å². The minimum Gasteiger partial charge on any atom is -0.497 e. The topological polar surface area (TPSA) is 127 Å². The van der Waals surface area contributed by atoms with Gasteiger partial charge in [-0.1, -0.05) is 0 Å². The van der Waals surface area contributed by atoms with Crippen molar-refractivity contribution >= 4 is 11.9 Å².